The fourth-order valence-corrected chi connectivity index (χ4v) is 3.14. The first-order chi connectivity index (χ1) is 7.84. The normalized spacial score (nSPS) is 22.2. The van der Waals surface area contributed by atoms with Crippen molar-refractivity contribution >= 4 is 11.8 Å². The van der Waals surface area contributed by atoms with Crippen molar-refractivity contribution < 1.29 is 5.11 Å². The van der Waals surface area contributed by atoms with Crippen LogP contribution in [0, 0.1) is 0 Å². The van der Waals surface area contributed by atoms with Gasteiger partial charge in [0.25, 0.3) is 0 Å². The monoisotopic (exact) mass is 237 g/mol. The zero-order valence-electron chi connectivity index (χ0n) is 9.43. The Kier molecular flexibility index (Phi) is 4.69. The molecule has 1 aliphatic rings. The second kappa shape index (κ2) is 6.28. The molecule has 0 radical (unpaired) electrons. The van der Waals surface area contributed by atoms with Crippen LogP contribution in [-0.2, 0) is 6.42 Å². The Morgan fingerprint density at radius 1 is 1.38 bits per heavy atom. The van der Waals surface area contributed by atoms with Crippen molar-refractivity contribution in [2.45, 2.75) is 25.0 Å². The van der Waals surface area contributed by atoms with Crippen molar-refractivity contribution in [3.63, 3.8) is 0 Å². The third kappa shape index (κ3) is 3.81. The predicted octanol–water partition coefficient (Wildman–Crippen LogP) is 1.69. The van der Waals surface area contributed by atoms with E-state index in [4.69, 9.17) is 0 Å². The number of aliphatic hydroxyl groups is 1. The van der Waals surface area contributed by atoms with E-state index in [1.807, 2.05) is 30.0 Å². The van der Waals surface area contributed by atoms with Crippen LogP contribution in [0.3, 0.4) is 0 Å². The van der Waals surface area contributed by atoms with Crippen LogP contribution in [0.1, 0.15) is 12.0 Å². The molecule has 1 fully saturated rings. The largest absolute Gasteiger partial charge is 0.391 e. The molecule has 0 aromatic heterocycles. The lowest BCUT2D eigenvalue weighted by molar-refractivity contribution is 0.168. The molecule has 1 heterocycles. The summed E-state index contributed by atoms with van der Waals surface area (Å²) in [6.45, 7) is 0.708. The van der Waals surface area contributed by atoms with E-state index in [2.05, 4.69) is 17.4 Å². The smallest absolute Gasteiger partial charge is 0.0704 e. The van der Waals surface area contributed by atoms with Gasteiger partial charge in [-0.25, -0.2) is 0 Å². The molecule has 1 aliphatic heterocycles. The Labute approximate surface area is 101 Å². The van der Waals surface area contributed by atoms with Crippen LogP contribution < -0.4 is 5.32 Å². The van der Waals surface area contributed by atoms with Crippen molar-refractivity contribution in [1.82, 2.24) is 5.32 Å². The molecule has 2 nitrogen and oxygen atoms in total. The first-order valence-corrected chi connectivity index (χ1v) is 7.03. The van der Waals surface area contributed by atoms with Gasteiger partial charge < -0.3 is 10.4 Å². The molecule has 1 aromatic carbocycles. The SMILES string of the molecule is OC(CNC1CCSC1)Cc1ccccc1. The Hall–Kier alpha value is -0.510. The Bertz CT molecular complexity index is 298. The molecule has 0 saturated carbocycles. The molecule has 3 heteroatoms. The van der Waals surface area contributed by atoms with Crippen molar-refractivity contribution in [2.75, 3.05) is 18.1 Å². The van der Waals surface area contributed by atoms with Gasteiger partial charge in [-0.2, -0.15) is 11.8 Å². The van der Waals surface area contributed by atoms with E-state index >= 15 is 0 Å². The average molecular weight is 237 g/mol. The highest BCUT2D eigenvalue weighted by molar-refractivity contribution is 7.99. The molecule has 2 rings (SSSR count). The zero-order valence-corrected chi connectivity index (χ0v) is 10.2. The highest BCUT2D eigenvalue weighted by atomic mass is 32.2. The average Bonchev–Trinajstić information content (AvgIpc) is 2.81. The van der Waals surface area contributed by atoms with E-state index in [-0.39, 0.29) is 6.10 Å². The molecule has 2 N–H and O–H groups in total. The summed E-state index contributed by atoms with van der Waals surface area (Å²) in [7, 11) is 0. The van der Waals surface area contributed by atoms with E-state index in [0.29, 0.717) is 12.6 Å². The maximum atomic E-state index is 9.89. The first-order valence-electron chi connectivity index (χ1n) is 5.88. The molecule has 88 valence electrons. The minimum absolute atomic E-state index is 0.270. The summed E-state index contributed by atoms with van der Waals surface area (Å²) in [5.41, 5.74) is 1.21. The van der Waals surface area contributed by atoms with Crippen molar-refractivity contribution in [2.24, 2.45) is 0 Å². The van der Waals surface area contributed by atoms with E-state index in [1.54, 1.807) is 0 Å². The van der Waals surface area contributed by atoms with Gasteiger partial charge >= 0.3 is 0 Å². The Balaban J connectivity index is 1.69. The number of aliphatic hydroxyl groups excluding tert-OH is 1. The number of hydrogen-bond donors (Lipinski definition) is 2. The van der Waals surface area contributed by atoms with Crippen LogP contribution in [0.25, 0.3) is 0 Å². The molecule has 1 aromatic rings. The summed E-state index contributed by atoms with van der Waals surface area (Å²) in [6.07, 6.45) is 1.71. The minimum atomic E-state index is -0.270. The Morgan fingerprint density at radius 3 is 2.88 bits per heavy atom. The van der Waals surface area contributed by atoms with E-state index in [9.17, 15) is 5.11 Å². The maximum Gasteiger partial charge on any atom is 0.0704 e. The van der Waals surface area contributed by atoms with Gasteiger partial charge in [0.2, 0.25) is 0 Å². The lowest BCUT2D eigenvalue weighted by Crippen LogP contribution is -2.36. The van der Waals surface area contributed by atoms with Crippen molar-refractivity contribution in [3.05, 3.63) is 35.9 Å². The van der Waals surface area contributed by atoms with Gasteiger partial charge in [-0.15, -0.1) is 0 Å². The zero-order chi connectivity index (χ0) is 11.2. The van der Waals surface area contributed by atoms with Gasteiger partial charge in [-0.1, -0.05) is 30.3 Å². The van der Waals surface area contributed by atoms with Crippen molar-refractivity contribution in [1.29, 1.82) is 0 Å². The number of hydrogen-bond acceptors (Lipinski definition) is 3. The quantitative estimate of drug-likeness (QED) is 0.817. The van der Waals surface area contributed by atoms with E-state index in [0.717, 1.165) is 6.42 Å². The molecule has 0 bridgehead atoms. The predicted molar refractivity (Wildman–Crippen MR) is 69.9 cm³/mol. The van der Waals surface area contributed by atoms with Gasteiger partial charge in [0.1, 0.15) is 0 Å². The van der Waals surface area contributed by atoms with E-state index < -0.39 is 0 Å². The lowest BCUT2D eigenvalue weighted by atomic mass is 10.1. The lowest BCUT2D eigenvalue weighted by Gasteiger charge is -2.15. The number of nitrogens with one attached hydrogen (secondary N) is 1. The van der Waals surface area contributed by atoms with Gasteiger partial charge in [-0.3, -0.25) is 0 Å². The van der Waals surface area contributed by atoms with Crippen LogP contribution >= 0.6 is 11.8 Å². The fourth-order valence-electron chi connectivity index (χ4n) is 1.96. The molecular weight excluding hydrogens is 218 g/mol. The first kappa shape index (κ1) is 12.0. The molecule has 16 heavy (non-hydrogen) atoms. The fraction of sp³-hybridized carbons (Fsp3) is 0.538. The summed E-state index contributed by atoms with van der Waals surface area (Å²) >= 11 is 1.99. The number of thioether (sulfide) groups is 1. The van der Waals surface area contributed by atoms with Gasteiger partial charge in [0.05, 0.1) is 6.10 Å². The summed E-state index contributed by atoms with van der Waals surface area (Å²) in [5, 5.41) is 13.3. The number of benzene rings is 1. The molecule has 2 unspecified atom stereocenters. The van der Waals surface area contributed by atoms with E-state index in [1.165, 1.54) is 23.5 Å². The third-order valence-electron chi connectivity index (χ3n) is 2.89. The van der Waals surface area contributed by atoms with Crippen LogP contribution in [0.4, 0.5) is 0 Å². The minimum Gasteiger partial charge on any atom is -0.391 e. The molecule has 2 atom stereocenters. The van der Waals surface area contributed by atoms with Crippen LogP contribution in [0.2, 0.25) is 0 Å². The Morgan fingerprint density at radius 2 is 2.19 bits per heavy atom. The maximum absolute atomic E-state index is 9.89. The summed E-state index contributed by atoms with van der Waals surface area (Å²) < 4.78 is 0. The van der Waals surface area contributed by atoms with Gasteiger partial charge in [0.15, 0.2) is 0 Å². The molecule has 0 aliphatic carbocycles. The topological polar surface area (TPSA) is 32.3 Å². The van der Waals surface area contributed by atoms with Crippen LogP contribution in [0.5, 0.6) is 0 Å². The highest BCUT2D eigenvalue weighted by Crippen LogP contribution is 2.16. The van der Waals surface area contributed by atoms with Crippen LogP contribution in [0.15, 0.2) is 30.3 Å². The van der Waals surface area contributed by atoms with Gasteiger partial charge in [0, 0.05) is 18.3 Å². The number of rotatable bonds is 5. The van der Waals surface area contributed by atoms with Crippen LogP contribution in [-0.4, -0.2) is 35.3 Å². The van der Waals surface area contributed by atoms with Gasteiger partial charge in [-0.05, 0) is 24.2 Å². The third-order valence-corrected chi connectivity index (χ3v) is 4.05. The molecule has 1 saturated heterocycles. The highest BCUT2D eigenvalue weighted by Gasteiger charge is 2.15. The summed E-state index contributed by atoms with van der Waals surface area (Å²) in [6, 6.07) is 10.8. The van der Waals surface area contributed by atoms with Crippen molar-refractivity contribution in [3.8, 4) is 0 Å². The summed E-state index contributed by atoms with van der Waals surface area (Å²) in [4.78, 5) is 0. The second-order valence-electron chi connectivity index (χ2n) is 4.31. The standard InChI is InChI=1S/C13H19NOS/c15-13(8-11-4-2-1-3-5-11)9-14-12-6-7-16-10-12/h1-5,12-15H,6-10H2. The molecule has 0 amide bonds. The second-order valence-corrected chi connectivity index (χ2v) is 5.46. The summed E-state index contributed by atoms with van der Waals surface area (Å²) in [5.74, 6) is 2.45. The molecular formula is C13H19NOS. The molecule has 0 spiro atoms.